The number of nitrogens with one attached hydrogen (secondary N) is 1. The fourth-order valence-corrected chi connectivity index (χ4v) is 3.76. The normalized spacial score (nSPS) is 25.7. The largest absolute Gasteiger partial charge is 0.389 e. The Morgan fingerprint density at radius 3 is 2.71 bits per heavy atom. The second-order valence-corrected chi connectivity index (χ2v) is 7.89. The summed E-state index contributed by atoms with van der Waals surface area (Å²) in [7, 11) is 0. The van der Waals surface area contributed by atoms with E-state index in [1.165, 1.54) is 17.7 Å². The van der Waals surface area contributed by atoms with Crippen LogP contribution in [-0.4, -0.2) is 30.5 Å². The number of aliphatic hydroxyl groups is 1. The fourth-order valence-electron chi connectivity index (χ4n) is 2.68. The molecule has 1 aromatic rings. The molecule has 21 heavy (non-hydrogen) atoms. The van der Waals surface area contributed by atoms with Gasteiger partial charge in [-0.2, -0.15) is 0 Å². The SMILES string of the molecule is CC1CCC(OCC(O)CNC(C)c2ccc(Cl)s2)CC1. The van der Waals surface area contributed by atoms with Crippen LogP contribution in [0.25, 0.3) is 0 Å². The van der Waals surface area contributed by atoms with Crippen LogP contribution in [0.4, 0.5) is 0 Å². The summed E-state index contributed by atoms with van der Waals surface area (Å²) in [6.07, 6.45) is 4.63. The van der Waals surface area contributed by atoms with Gasteiger partial charge in [0.05, 0.1) is 23.2 Å². The van der Waals surface area contributed by atoms with Gasteiger partial charge < -0.3 is 15.2 Å². The van der Waals surface area contributed by atoms with E-state index in [0.29, 0.717) is 19.3 Å². The summed E-state index contributed by atoms with van der Waals surface area (Å²) in [5, 5.41) is 13.4. The van der Waals surface area contributed by atoms with E-state index in [1.54, 1.807) is 11.3 Å². The summed E-state index contributed by atoms with van der Waals surface area (Å²) in [6.45, 7) is 5.34. The Morgan fingerprint density at radius 2 is 2.10 bits per heavy atom. The molecular weight excluding hydrogens is 306 g/mol. The third kappa shape index (κ3) is 5.87. The highest BCUT2D eigenvalue weighted by atomic mass is 35.5. The van der Waals surface area contributed by atoms with Gasteiger partial charge in [-0.1, -0.05) is 18.5 Å². The van der Waals surface area contributed by atoms with Gasteiger partial charge in [-0.25, -0.2) is 0 Å². The van der Waals surface area contributed by atoms with E-state index in [4.69, 9.17) is 16.3 Å². The van der Waals surface area contributed by atoms with Crippen LogP contribution in [0.1, 0.15) is 50.4 Å². The standard InChI is InChI=1S/C16H26ClNO2S/c1-11-3-5-14(6-4-11)20-10-13(19)9-18-12(2)15-7-8-16(17)21-15/h7-8,11-14,18-19H,3-6,9-10H2,1-2H3. The molecule has 1 aliphatic carbocycles. The fraction of sp³-hybridized carbons (Fsp3) is 0.750. The summed E-state index contributed by atoms with van der Waals surface area (Å²) in [5.74, 6) is 0.829. The van der Waals surface area contributed by atoms with Gasteiger partial charge in [0, 0.05) is 17.5 Å². The lowest BCUT2D eigenvalue weighted by Gasteiger charge is -2.27. The molecule has 2 N–H and O–H groups in total. The first-order valence-electron chi connectivity index (χ1n) is 7.83. The number of hydrogen-bond donors (Lipinski definition) is 2. The lowest BCUT2D eigenvalue weighted by molar-refractivity contribution is -0.0282. The molecule has 0 bridgehead atoms. The molecule has 1 aromatic heterocycles. The van der Waals surface area contributed by atoms with Crippen molar-refractivity contribution in [2.24, 2.45) is 5.92 Å². The summed E-state index contributed by atoms with van der Waals surface area (Å²) in [4.78, 5) is 1.19. The summed E-state index contributed by atoms with van der Waals surface area (Å²) in [6, 6.07) is 4.13. The van der Waals surface area contributed by atoms with Crippen molar-refractivity contribution in [2.75, 3.05) is 13.2 Å². The second kappa shape index (κ2) is 8.49. The molecule has 2 unspecified atom stereocenters. The van der Waals surface area contributed by atoms with Crippen molar-refractivity contribution in [1.29, 1.82) is 0 Å². The van der Waals surface area contributed by atoms with Gasteiger partial charge in [-0.3, -0.25) is 0 Å². The van der Waals surface area contributed by atoms with Gasteiger partial charge in [0.1, 0.15) is 0 Å². The van der Waals surface area contributed by atoms with E-state index in [2.05, 4.69) is 19.2 Å². The van der Waals surface area contributed by atoms with E-state index in [1.807, 2.05) is 12.1 Å². The lowest BCUT2D eigenvalue weighted by atomic mass is 9.89. The molecule has 1 heterocycles. The third-order valence-corrected chi connectivity index (χ3v) is 5.58. The van der Waals surface area contributed by atoms with Crippen LogP contribution in [0.3, 0.4) is 0 Å². The summed E-state index contributed by atoms with van der Waals surface area (Å²) >= 11 is 7.51. The van der Waals surface area contributed by atoms with Gasteiger partial charge in [-0.15, -0.1) is 11.3 Å². The van der Waals surface area contributed by atoms with Crippen LogP contribution in [0.5, 0.6) is 0 Å². The number of thiophene rings is 1. The van der Waals surface area contributed by atoms with Crippen LogP contribution in [0.2, 0.25) is 4.34 Å². The summed E-state index contributed by atoms with van der Waals surface area (Å²) < 4.78 is 6.63. The first-order valence-corrected chi connectivity index (χ1v) is 9.02. The zero-order chi connectivity index (χ0) is 15.2. The molecular formula is C16H26ClNO2S. The molecule has 0 spiro atoms. The Bertz CT molecular complexity index is 418. The molecule has 1 saturated carbocycles. The van der Waals surface area contributed by atoms with E-state index >= 15 is 0 Å². The average Bonchev–Trinajstić information content (AvgIpc) is 2.91. The molecule has 120 valence electrons. The van der Waals surface area contributed by atoms with Crippen molar-refractivity contribution in [3.63, 3.8) is 0 Å². The molecule has 3 nitrogen and oxygen atoms in total. The number of halogens is 1. The minimum Gasteiger partial charge on any atom is -0.389 e. The highest BCUT2D eigenvalue weighted by molar-refractivity contribution is 7.16. The van der Waals surface area contributed by atoms with Crippen LogP contribution < -0.4 is 5.32 Å². The topological polar surface area (TPSA) is 41.5 Å². The Kier molecular flexibility index (Phi) is 6.96. The highest BCUT2D eigenvalue weighted by Crippen LogP contribution is 2.27. The van der Waals surface area contributed by atoms with Crippen LogP contribution in [-0.2, 0) is 4.74 Å². The van der Waals surface area contributed by atoms with Crippen molar-refractivity contribution < 1.29 is 9.84 Å². The predicted molar refractivity (Wildman–Crippen MR) is 89.1 cm³/mol. The molecule has 2 rings (SSSR count). The zero-order valence-corrected chi connectivity index (χ0v) is 14.4. The minimum atomic E-state index is -0.456. The Labute approximate surface area is 136 Å². The number of hydrogen-bond acceptors (Lipinski definition) is 4. The molecule has 0 aliphatic heterocycles. The quantitative estimate of drug-likeness (QED) is 0.793. The average molecular weight is 332 g/mol. The maximum Gasteiger partial charge on any atom is 0.0931 e. The van der Waals surface area contributed by atoms with Crippen molar-refractivity contribution in [3.8, 4) is 0 Å². The van der Waals surface area contributed by atoms with Crippen LogP contribution >= 0.6 is 22.9 Å². The Morgan fingerprint density at radius 1 is 1.38 bits per heavy atom. The zero-order valence-electron chi connectivity index (χ0n) is 12.8. The molecule has 1 aliphatic rings. The van der Waals surface area contributed by atoms with E-state index in [-0.39, 0.29) is 6.04 Å². The lowest BCUT2D eigenvalue weighted by Crippen LogP contribution is -2.34. The molecule has 0 aromatic carbocycles. The van der Waals surface area contributed by atoms with Gasteiger partial charge in [0.2, 0.25) is 0 Å². The molecule has 0 radical (unpaired) electrons. The molecule has 0 saturated heterocycles. The molecule has 5 heteroatoms. The predicted octanol–water partition coefficient (Wildman–Crippen LogP) is 4.01. The smallest absolute Gasteiger partial charge is 0.0931 e. The van der Waals surface area contributed by atoms with Crippen LogP contribution in [0, 0.1) is 5.92 Å². The second-order valence-electron chi connectivity index (χ2n) is 6.14. The molecule has 2 atom stereocenters. The first-order chi connectivity index (χ1) is 10.0. The van der Waals surface area contributed by atoms with Gasteiger partial charge in [0.25, 0.3) is 0 Å². The van der Waals surface area contributed by atoms with Gasteiger partial charge in [-0.05, 0) is 50.7 Å². The van der Waals surface area contributed by atoms with Crippen LogP contribution in [0.15, 0.2) is 12.1 Å². The van der Waals surface area contributed by atoms with Crippen molar-refractivity contribution in [1.82, 2.24) is 5.32 Å². The highest BCUT2D eigenvalue weighted by Gasteiger charge is 2.19. The molecule has 1 fully saturated rings. The summed E-state index contributed by atoms with van der Waals surface area (Å²) in [5.41, 5.74) is 0. The minimum absolute atomic E-state index is 0.202. The Hall–Kier alpha value is -0.130. The van der Waals surface area contributed by atoms with E-state index < -0.39 is 6.10 Å². The van der Waals surface area contributed by atoms with Crippen molar-refractivity contribution in [3.05, 3.63) is 21.3 Å². The van der Waals surface area contributed by atoms with Gasteiger partial charge in [0.15, 0.2) is 0 Å². The third-order valence-electron chi connectivity index (χ3n) is 4.17. The van der Waals surface area contributed by atoms with Gasteiger partial charge >= 0.3 is 0 Å². The Balaban J connectivity index is 1.62. The first kappa shape index (κ1) is 17.2. The maximum absolute atomic E-state index is 10.0. The maximum atomic E-state index is 10.0. The monoisotopic (exact) mass is 331 g/mol. The number of ether oxygens (including phenoxy) is 1. The van der Waals surface area contributed by atoms with Crippen molar-refractivity contribution in [2.45, 2.75) is 57.8 Å². The van der Waals surface area contributed by atoms with E-state index in [9.17, 15) is 5.11 Å². The van der Waals surface area contributed by atoms with E-state index in [0.717, 1.165) is 23.1 Å². The number of aliphatic hydroxyl groups excluding tert-OH is 1. The molecule has 0 amide bonds. The number of rotatable bonds is 7. The van der Waals surface area contributed by atoms with Crippen molar-refractivity contribution >= 4 is 22.9 Å².